The predicted molar refractivity (Wildman–Crippen MR) is 87.9 cm³/mol. The van der Waals surface area contributed by atoms with Gasteiger partial charge in [-0.3, -0.25) is 9.36 Å². The maximum Gasteiger partial charge on any atom is 0.422 e. The number of ether oxygens (including phenoxy) is 1. The zero-order valence-electron chi connectivity index (χ0n) is 14.5. The number of halogens is 3. The molecule has 0 fully saturated rings. The first-order valence-corrected chi connectivity index (χ1v) is 7.90. The molecule has 0 saturated carbocycles. The molecule has 1 heterocycles. The third-order valence-corrected chi connectivity index (χ3v) is 4.44. The first-order valence-electron chi connectivity index (χ1n) is 7.90. The second-order valence-electron chi connectivity index (χ2n) is 7.11. The number of aryl methyl sites for hydroxylation is 1. The summed E-state index contributed by atoms with van der Waals surface area (Å²) in [5.74, 6) is 0. The van der Waals surface area contributed by atoms with Gasteiger partial charge in [0.2, 0.25) is 0 Å². The van der Waals surface area contributed by atoms with Crippen molar-refractivity contribution in [1.82, 2.24) is 9.55 Å². The van der Waals surface area contributed by atoms with E-state index in [-0.39, 0.29) is 11.6 Å². The van der Waals surface area contributed by atoms with Crippen LogP contribution in [-0.4, -0.2) is 22.3 Å². The lowest BCUT2D eigenvalue weighted by atomic mass is 9.72. The molecule has 0 amide bonds. The van der Waals surface area contributed by atoms with Gasteiger partial charge in [0, 0.05) is 18.0 Å². The van der Waals surface area contributed by atoms with E-state index in [1.165, 1.54) is 7.05 Å². The molecule has 0 saturated heterocycles. The van der Waals surface area contributed by atoms with Gasteiger partial charge in [0.25, 0.3) is 11.6 Å². The molecule has 2 aromatic rings. The van der Waals surface area contributed by atoms with Crippen molar-refractivity contribution in [2.24, 2.45) is 7.05 Å². The van der Waals surface area contributed by atoms with E-state index in [1.54, 1.807) is 0 Å². The van der Waals surface area contributed by atoms with Gasteiger partial charge in [-0.15, -0.1) is 0 Å². The van der Waals surface area contributed by atoms with E-state index >= 15 is 0 Å². The van der Waals surface area contributed by atoms with Gasteiger partial charge in [-0.2, -0.15) is 18.2 Å². The van der Waals surface area contributed by atoms with E-state index in [4.69, 9.17) is 4.74 Å². The number of hydrogen-bond donors (Lipinski definition) is 0. The molecule has 0 atom stereocenters. The molecule has 0 radical (unpaired) electrons. The van der Waals surface area contributed by atoms with Gasteiger partial charge in [-0.1, -0.05) is 37.6 Å². The fourth-order valence-electron chi connectivity index (χ4n) is 3.33. The van der Waals surface area contributed by atoms with Gasteiger partial charge in [0.15, 0.2) is 6.61 Å². The third-order valence-electron chi connectivity index (χ3n) is 4.44. The standard InChI is InChI=1S/C18H19F3N2O2/c1-10-5-6-12-11(7-10)8-17(2,3)13-14(12)22-16(23(4)15(13)24)25-9-18(19,20)21/h5-7H,8-9H2,1-4H3. The van der Waals surface area contributed by atoms with Crippen molar-refractivity contribution in [2.75, 3.05) is 6.61 Å². The minimum absolute atomic E-state index is 0.328. The Bertz CT molecular complexity index is 898. The quantitative estimate of drug-likeness (QED) is 0.831. The van der Waals surface area contributed by atoms with Crippen molar-refractivity contribution in [3.05, 3.63) is 45.2 Å². The number of rotatable bonds is 2. The van der Waals surface area contributed by atoms with Crippen molar-refractivity contribution >= 4 is 0 Å². The summed E-state index contributed by atoms with van der Waals surface area (Å²) in [7, 11) is 1.38. The van der Waals surface area contributed by atoms with Gasteiger partial charge in [-0.05, 0) is 18.9 Å². The SMILES string of the molecule is Cc1ccc2c(c1)CC(C)(C)c1c-2nc(OCC(F)(F)F)n(C)c1=O. The van der Waals surface area contributed by atoms with Crippen LogP contribution in [0, 0.1) is 6.92 Å². The lowest BCUT2D eigenvalue weighted by Crippen LogP contribution is -2.37. The first-order chi connectivity index (χ1) is 11.5. The highest BCUT2D eigenvalue weighted by atomic mass is 19.4. The molecule has 0 spiro atoms. The Hall–Kier alpha value is -2.31. The van der Waals surface area contributed by atoms with Gasteiger partial charge in [0.1, 0.15) is 0 Å². The number of nitrogens with zero attached hydrogens (tertiary/aromatic N) is 2. The van der Waals surface area contributed by atoms with Crippen molar-refractivity contribution in [1.29, 1.82) is 0 Å². The van der Waals surface area contributed by atoms with Crippen LogP contribution in [-0.2, 0) is 18.9 Å². The first kappa shape index (κ1) is 17.5. The maximum absolute atomic E-state index is 12.8. The van der Waals surface area contributed by atoms with Crippen LogP contribution in [0.25, 0.3) is 11.3 Å². The van der Waals surface area contributed by atoms with Crippen LogP contribution < -0.4 is 10.3 Å². The molecule has 3 rings (SSSR count). The Morgan fingerprint density at radius 1 is 1.32 bits per heavy atom. The molecule has 0 bridgehead atoms. The largest absolute Gasteiger partial charge is 0.455 e. The summed E-state index contributed by atoms with van der Waals surface area (Å²) in [5, 5.41) is 0. The van der Waals surface area contributed by atoms with Crippen LogP contribution in [0.5, 0.6) is 6.01 Å². The highest BCUT2D eigenvalue weighted by Gasteiger charge is 2.36. The minimum atomic E-state index is -4.50. The van der Waals surface area contributed by atoms with E-state index in [0.29, 0.717) is 17.7 Å². The summed E-state index contributed by atoms with van der Waals surface area (Å²) in [4.78, 5) is 17.1. The van der Waals surface area contributed by atoms with Crippen LogP contribution in [0.15, 0.2) is 23.0 Å². The number of hydrogen-bond acceptors (Lipinski definition) is 3. The zero-order valence-corrected chi connectivity index (χ0v) is 14.5. The monoisotopic (exact) mass is 352 g/mol. The molecule has 1 aliphatic carbocycles. The molecule has 4 nitrogen and oxygen atoms in total. The Labute approximate surface area is 143 Å². The molecule has 1 aliphatic rings. The van der Waals surface area contributed by atoms with E-state index in [0.717, 1.165) is 21.3 Å². The van der Waals surface area contributed by atoms with Crippen molar-refractivity contribution in [3.8, 4) is 17.3 Å². The van der Waals surface area contributed by atoms with E-state index in [1.807, 2.05) is 39.0 Å². The predicted octanol–water partition coefficient (Wildman–Crippen LogP) is 3.53. The Balaban J connectivity index is 2.21. The fourth-order valence-corrected chi connectivity index (χ4v) is 3.33. The molecule has 0 N–H and O–H groups in total. The van der Waals surface area contributed by atoms with Gasteiger partial charge < -0.3 is 4.74 Å². The summed E-state index contributed by atoms with van der Waals surface area (Å²) in [6.07, 6.45) is -3.83. The van der Waals surface area contributed by atoms with Crippen LogP contribution in [0.2, 0.25) is 0 Å². The molecule has 134 valence electrons. The second-order valence-corrected chi connectivity index (χ2v) is 7.11. The zero-order chi connectivity index (χ0) is 18.6. The Morgan fingerprint density at radius 3 is 2.64 bits per heavy atom. The fraction of sp³-hybridized carbons (Fsp3) is 0.444. The summed E-state index contributed by atoms with van der Waals surface area (Å²) >= 11 is 0. The highest BCUT2D eigenvalue weighted by molar-refractivity contribution is 5.72. The van der Waals surface area contributed by atoms with Gasteiger partial charge in [0.05, 0.1) is 11.3 Å². The van der Waals surface area contributed by atoms with E-state index < -0.39 is 18.2 Å². The lowest BCUT2D eigenvalue weighted by molar-refractivity contribution is -0.155. The summed E-state index contributed by atoms with van der Waals surface area (Å²) in [5.41, 5.74) is 2.95. The van der Waals surface area contributed by atoms with Crippen molar-refractivity contribution in [3.63, 3.8) is 0 Å². The molecule has 1 aromatic heterocycles. The number of alkyl halides is 3. The van der Waals surface area contributed by atoms with Gasteiger partial charge >= 0.3 is 6.18 Å². The second kappa shape index (κ2) is 5.61. The molecule has 25 heavy (non-hydrogen) atoms. The summed E-state index contributed by atoms with van der Waals surface area (Å²) in [6.45, 7) is 4.36. The average molecular weight is 352 g/mol. The summed E-state index contributed by atoms with van der Waals surface area (Å²) < 4.78 is 43.3. The normalized spacial score (nSPS) is 15.5. The highest BCUT2D eigenvalue weighted by Crippen LogP contribution is 2.41. The molecule has 1 aromatic carbocycles. The van der Waals surface area contributed by atoms with Crippen LogP contribution >= 0.6 is 0 Å². The van der Waals surface area contributed by atoms with E-state index in [9.17, 15) is 18.0 Å². The number of aromatic nitrogens is 2. The van der Waals surface area contributed by atoms with Crippen LogP contribution in [0.4, 0.5) is 13.2 Å². The number of fused-ring (bicyclic) bond motifs is 3. The van der Waals surface area contributed by atoms with Gasteiger partial charge in [-0.25, -0.2) is 0 Å². The smallest absolute Gasteiger partial charge is 0.422 e. The molecule has 0 aliphatic heterocycles. The topological polar surface area (TPSA) is 44.1 Å². The molecular weight excluding hydrogens is 333 g/mol. The third kappa shape index (κ3) is 3.15. The molecule has 0 unspecified atom stereocenters. The number of benzene rings is 1. The van der Waals surface area contributed by atoms with Crippen molar-refractivity contribution in [2.45, 2.75) is 38.8 Å². The van der Waals surface area contributed by atoms with E-state index in [2.05, 4.69) is 4.98 Å². The van der Waals surface area contributed by atoms with Crippen LogP contribution in [0.1, 0.15) is 30.5 Å². The Kier molecular flexibility index (Phi) is 3.93. The lowest BCUT2D eigenvalue weighted by Gasteiger charge is -2.33. The Morgan fingerprint density at radius 2 is 2.00 bits per heavy atom. The molecular formula is C18H19F3N2O2. The molecule has 7 heteroatoms. The average Bonchev–Trinajstić information content (AvgIpc) is 2.46. The maximum atomic E-state index is 12.8. The summed E-state index contributed by atoms with van der Waals surface area (Å²) in [6, 6.07) is 5.45. The van der Waals surface area contributed by atoms with Crippen LogP contribution in [0.3, 0.4) is 0 Å². The minimum Gasteiger partial charge on any atom is -0.455 e. The van der Waals surface area contributed by atoms with Crippen molar-refractivity contribution < 1.29 is 17.9 Å².